The molecule has 0 spiro atoms. The molecular formula is C20H42ClNO. The monoisotopic (exact) mass is 347 g/mol. The minimum Gasteiger partial charge on any atom is -0.309 e. The van der Waals surface area contributed by atoms with E-state index in [9.17, 15) is 4.79 Å². The Hall–Kier alpha value is -0.0800. The Kier molecular flexibility index (Phi) is 24.0. The van der Waals surface area contributed by atoms with Gasteiger partial charge in [0.25, 0.3) is 0 Å². The number of halogens is 1. The number of hydrogen-bond acceptors (Lipinski definition) is 2. The Morgan fingerprint density at radius 2 is 0.870 bits per heavy atom. The molecule has 0 aromatic heterocycles. The number of carbonyl (C=O) groups is 1. The number of unbranched alkanes of at least 4 members (excludes halogenated alkanes) is 15. The lowest BCUT2D eigenvalue weighted by Gasteiger charge is -2.08. The van der Waals surface area contributed by atoms with Gasteiger partial charge < -0.3 is 9.69 Å². The standard InChI is InChI=1S/C20H41NO.ClH/c1-21(2)19-17-15-13-11-9-7-5-3-4-6-8-10-12-14-16-18-20-22;/h20H,3-19H2,1-2H3;1H. The molecule has 2 nitrogen and oxygen atoms in total. The van der Waals surface area contributed by atoms with Crippen LogP contribution in [0.25, 0.3) is 0 Å². The number of hydrogen-bond donors (Lipinski definition) is 0. The zero-order valence-corrected chi connectivity index (χ0v) is 16.7. The zero-order valence-electron chi connectivity index (χ0n) is 15.9. The third kappa shape index (κ3) is 24.3. The van der Waals surface area contributed by atoms with Crippen LogP contribution in [0.15, 0.2) is 0 Å². The molecule has 0 aliphatic heterocycles. The fourth-order valence-corrected chi connectivity index (χ4v) is 2.95. The first-order chi connectivity index (χ1) is 10.8. The average molecular weight is 348 g/mol. The predicted octanol–water partition coefficient (Wildman–Crippen LogP) is 6.41. The summed E-state index contributed by atoms with van der Waals surface area (Å²) < 4.78 is 0. The summed E-state index contributed by atoms with van der Waals surface area (Å²) in [5, 5.41) is 0. The third-order valence-corrected chi connectivity index (χ3v) is 4.43. The summed E-state index contributed by atoms with van der Waals surface area (Å²) in [6.07, 6.45) is 22.5. The largest absolute Gasteiger partial charge is 0.309 e. The molecule has 0 heterocycles. The van der Waals surface area contributed by atoms with Crippen LogP contribution in [0.2, 0.25) is 0 Å². The van der Waals surface area contributed by atoms with Crippen molar-refractivity contribution >= 4 is 18.7 Å². The van der Waals surface area contributed by atoms with Crippen LogP contribution < -0.4 is 0 Å². The van der Waals surface area contributed by atoms with Crippen LogP contribution in [0.5, 0.6) is 0 Å². The van der Waals surface area contributed by atoms with Crippen molar-refractivity contribution in [3.8, 4) is 0 Å². The second-order valence-corrected chi connectivity index (χ2v) is 7.06. The van der Waals surface area contributed by atoms with Gasteiger partial charge >= 0.3 is 0 Å². The molecule has 3 heteroatoms. The van der Waals surface area contributed by atoms with E-state index in [0.717, 1.165) is 19.1 Å². The summed E-state index contributed by atoms with van der Waals surface area (Å²) in [5.41, 5.74) is 0. The molecule has 0 aliphatic rings. The van der Waals surface area contributed by atoms with Crippen molar-refractivity contribution in [2.45, 2.75) is 103 Å². The number of aldehydes is 1. The summed E-state index contributed by atoms with van der Waals surface area (Å²) in [5.74, 6) is 0. The first-order valence-corrected chi connectivity index (χ1v) is 9.85. The highest BCUT2D eigenvalue weighted by molar-refractivity contribution is 5.85. The van der Waals surface area contributed by atoms with Crippen molar-refractivity contribution < 1.29 is 4.79 Å². The van der Waals surface area contributed by atoms with E-state index >= 15 is 0 Å². The third-order valence-electron chi connectivity index (χ3n) is 4.43. The van der Waals surface area contributed by atoms with E-state index < -0.39 is 0 Å². The summed E-state index contributed by atoms with van der Waals surface area (Å²) in [6, 6.07) is 0. The minimum atomic E-state index is 0. The first kappa shape index (κ1) is 25.2. The van der Waals surface area contributed by atoms with Gasteiger partial charge in [0, 0.05) is 6.42 Å². The summed E-state index contributed by atoms with van der Waals surface area (Å²) in [6.45, 7) is 1.25. The second-order valence-electron chi connectivity index (χ2n) is 7.06. The molecule has 0 fully saturated rings. The molecular weight excluding hydrogens is 306 g/mol. The maximum atomic E-state index is 10.2. The van der Waals surface area contributed by atoms with E-state index in [1.165, 1.54) is 96.4 Å². The molecule has 0 saturated heterocycles. The van der Waals surface area contributed by atoms with Crippen molar-refractivity contribution in [1.29, 1.82) is 0 Å². The van der Waals surface area contributed by atoms with Crippen molar-refractivity contribution in [2.24, 2.45) is 0 Å². The molecule has 0 unspecified atom stereocenters. The Morgan fingerprint density at radius 1 is 0.565 bits per heavy atom. The molecule has 0 radical (unpaired) electrons. The lowest BCUT2D eigenvalue weighted by molar-refractivity contribution is -0.107. The lowest BCUT2D eigenvalue weighted by atomic mass is 10.0. The Bertz CT molecular complexity index is 222. The van der Waals surface area contributed by atoms with Crippen LogP contribution in [0.3, 0.4) is 0 Å². The van der Waals surface area contributed by atoms with Crippen molar-refractivity contribution in [3.05, 3.63) is 0 Å². The van der Waals surface area contributed by atoms with Crippen LogP contribution in [0, 0.1) is 0 Å². The normalized spacial score (nSPS) is 10.7. The SMILES string of the molecule is CN(C)CCCCCCCCCCCCCCCCCC=O.Cl. The van der Waals surface area contributed by atoms with Crippen LogP contribution in [-0.2, 0) is 4.79 Å². The van der Waals surface area contributed by atoms with Gasteiger partial charge in [-0.15, -0.1) is 12.4 Å². The Balaban J connectivity index is 0. The van der Waals surface area contributed by atoms with Crippen molar-refractivity contribution in [2.75, 3.05) is 20.6 Å². The average Bonchev–Trinajstić information content (AvgIpc) is 2.50. The quantitative estimate of drug-likeness (QED) is 0.211. The van der Waals surface area contributed by atoms with Gasteiger partial charge in [0.05, 0.1) is 0 Å². The summed E-state index contributed by atoms with van der Waals surface area (Å²) in [7, 11) is 4.32. The molecule has 140 valence electrons. The molecule has 0 bridgehead atoms. The number of rotatable bonds is 18. The van der Waals surface area contributed by atoms with E-state index in [-0.39, 0.29) is 12.4 Å². The van der Waals surface area contributed by atoms with Gasteiger partial charge in [0.15, 0.2) is 0 Å². The van der Waals surface area contributed by atoms with E-state index in [1.807, 2.05) is 0 Å². The van der Waals surface area contributed by atoms with E-state index in [2.05, 4.69) is 19.0 Å². The van der Waals surface area contributed by atoms with Crippen LogP contribution in [0.1, 0.15) is 103 Å². The van der Waals surface area contributed by atoms with Gasteiger partial charge in [-0.2, -0.15) is 0 Å². The van der Waals surface area contributed by atoms with Gasteiger partial charge in [-0.3, -0.25) is 0 Å². The molecule has 0 saturated carbocycles. The molecule has 0 amide bonds. The van der Waals surface area contributed by atoms with Crippen molar-refractivity contribution in [1.82, 2.24) is 4.90 Å². The van der Waals surface area contributed by atoms with Gasteiger partial charge in [-0.1, -0.05) is 83.5 Å². The fourth-order valence-electron chi connectivity index (χ4n) is 2.95. The Labute approximate surface area is 152 Å². The molecule has 23 heavy (non-hydrogen) atoms. The van der Waals surface area contributed by atoms with E-state index in [1.54, 1.807) is 0 Å². The minimum absolute atomic E-state index is 0. The maximum Gasteiger partial charge on any atom is 0.119 e. The molecule has 0 aromatic carbocycles. The molecule has 0 N–H and O–H groups in total. The van der Waals surface area contributed by atoms with Gasteiger partial charge in [0.1, 0.15) is 6.29 Å². The highest BCUT2D eigenvalue weighted by atomic mass is 35.5. The first-order valence-electron chi connectivity index (χ1n) is 9.85. The lowest BCUT2D eigenvalue weighted by Crippen LogP contribution is -2.12. The molecule has 0 rings (SSSR count). The molecule has 0 aliphatic carbocycles. The fraction of sp³-hybridized carbons (Fsp3) is 0.950. The van der Waals surface area contributed by atoms with Gasteiger partial charge in [-0.25, -0.2) is 0 Å². The number of nitrogens with zero attached hydrogens (tertiary/aromatic N) is 1. The van der Waals surface area contributed by atoms with E-state index in [4.69, 9.17) is 0 Å². The second kappa shape index (κ2) is 21.9. The van der Waals surface area contributed by atoms with Crippen LogP contribution in [0.4, 0.5) is 0 Å². The zero-order chi connectivity index (χ0) is 16.3. The maximum absolute atomic E-state index is 10.2. The summed E-state index contributed by atoms with van der Waals surface area (Å²) in [4.78, 5) is 12.5. The molecule has 0 atom stereocenters. The van der Waals surface area contributed by atoms with E-state index in [0.29, 0.717) is 0 Å². The van der Waals surface area contributed by atoms with Gasteiger partial charge in [-0.05, 0) is 33.5 Å². The van der Waals surface area contributed by atoms with Crippen LogP contribution >= 0.6 is 12.4 Å². The predicted molar refractivity (Wildman–Crippen MR) is 106 cm³/mol. The van der Waals surface area contributed by atoms with Gasteiger partial charge in [0.2, 0.25) is 0 Å². The highest BCUT2D eigenvalue weighted by Gasteiger charge is 1.95. The van der Waals surface area contributed by atoms with Crippen LogP contribution in [-0.4, -0.2) is 31.8 Å². The number of carbonyl (C=O) groups excluding carboxylic acids is 1. The molecule has 0 aromatic rings. The summed E-state index contributed by atoms with van der Waals surface area (Å²) >= 11 is 0. The smallest absolute Gasteiger partial charge is 0.119 e. The topological polar surface area (TPSA) is 20.3 Å². The van der Waals surface area contributed by atoms with Crippen molar-refractivity contribution in [3.63, 3.8) is 0 Å². The Morgan fingerprint density at radius 3 is 1.17 bits per heavy atom. The highest BCUT2D eigenvalue weighted by Crippen LogP contribution is 2.13.